The Kier molecular flexibility index (Phi) is 6.05. The molecule has 20 heavy (non-hydrogen) atoms. The van der Waals surface area contributed by atoms with Crippen LogP contribution in [0.15, 0.2) is 0 Å². The van der Waals surface area contributed by atoms with Gasteiger partial charge in [0.15, 0.2) is 0 Å². The van der Waals surface area contributed by atoms with Crippen LogP contribution in [0.3, 0.4) is 0 Å². The van der Waals surface area contributed by atoms with E-state index < -0.39 is 0 Å². The lowest BCUT2D eigenvalue weighted by Gasteiger charge is -2.26. The van der Waals surface area contributed by atoms with Crippen LogP contribution in [0.5, 0.6) is 0 Å². The number of rotatable bonds is 7. The van der Waals surface area contributed by atoms with Gasteiger partial charge in [0.25, 0.3) is 0 Å². The molecule has 0 aromatic carbocycles. The van der Waals surface area contributed by atoms with Crippen molar-refractivity contribution in [1.82, 2.24) is 20.0 Å². The predicted molar refractivity (Wildman–Crippen MR) is 84.0 cm³/mol. The van der Waals surface area contributed by atoms with Crippen molar-refractivity contribution in [3.8, 4) is 0 Å². The van der Waals surface area contributed by atoms with E-state index in [2.05, 4.69) is 35.7 Å². The van der Waals surface area contributed by atoms with E-state index in [-0.39, 0.29) is 0 Å². The second-order valence-corrected chi connectivity index (χ2v) is 5.95. The minimum absolute atomic E-state index is 0.954. The number of hydrogen-bond acceptors (Lipinski definition) is 3. The highest BCUT2D eigenvalue weighted by Gasteiger charge is 2.13. The summed E-state index contributed by atoms with van der Waals surface area (Å²) in [4.78, 5) is 2.58. The van der Waals surface area contributed by atoms with Gasteiger partial charge in [0.2, 0.25) is 0 Å². The van der Waals surface area contributed by atoms with Crippen molar-refractivity contribution in [1.29, 1.82) is 0 Å². The predicted octanol–water partition coefficient (Wildman–Crippen LogP) is 2.49. The standard InChI is InChI=1S/C16H30N4/c1-4-8-17-13-16-14(2)18-20(15(16)3)12-11-19-9-6-5-7-10-19/h17H,4-13H2,1-3H3. The molecule has 4 heteroatoms. The molecule has 0 bridgehead atoms. The van der Waals surface area contributed by atoms with Crippen LogP contribution >= 0.6 is 0 Å². The van der Waals surface area contributed by atoms with Gasteiger partial charge in [-0.25, -0.2) is 0 Å². The molecule has 1 aromatic rings. The molecule has 1 aliphatic heterocycles. The first-order valence-corrected chi connectivity index (χ1v) is 8.18. The molecule has 2 heterocycles. The summed E-state index contributed by atoms with van der Waals surface area (Å²) < 4.78 is 2.20. The first-order valence-electron chi connectivity index (χ1n) is 8.18. The Morgan fingerprint density at radius 2 is 1.85 bits per heavy atom. The Labute approximate surface area is 123 Å². The van der Waals surface area contributed by atoms with Crippen LogP contribution in [0.1, 0.15) is 49.6 Å². The largest absolute Gasteiger partial charge is 0.313 e. The molecule has 1 saturated heterocycles. The molecule has 1 aromatic heterocycles. The number of piperidine rings is 1. The molecule has 114 valence electrons. The van der Waals surface area contributed by atoms with Crippen molar-refractivity contribution in [2.24, 2.45) is 0 Å². The second kappa shape index (κ2) is 7.79. The second-order valence-electron chi connectivity index (χ2n) is 5.95. The van der Waals surface area contributed by atoms with E-state index in [1.165, 1.54) is 55.7 Å². The first kappa shape index (κ1) is 15.5. The van der Waals surface area contributed by atoms with Gasteiger partial charge in [-0.15, -0.1) is 0 Å². The van der Waals surface area contributed by atoms with E-state index in [1.807, 2.05) is 0 Å². The summed E-state index contributed by atoms with van der Waals surface area (Å²) in [5, 5.41) is 8.21. The van der Waals surface area contributed by atoms with Gasteiger partial charge < -0.3 is 10.2 Å². The molecule has 0 spiro atoms. The zero-order valence-corrected chi connectivity index (χ0v) is 13.4. The minimum atomic E-state index is 0.954. The maximum atomic E-state index is 4.72. The van der Waals surface area contributed by atoms with Crippen molar-refractivity contribution in [3.63, 3.8) is 0 Å². The lowest BCUT2D eigenvalue weighted by Crippen LogP contribution is -2.33. The van der Waals surface area contributed by atoms with Gasteiger partial charge in [-0.3, -0.25) is 4.68 Å². The normalized spacial score (nSPS) is 16.8. The van der Waals surface area contributed by atoms with E-state index in [1.54, 1.807) is 0 Å². The Hall–Kier alpha value is -0.870. The molecule has 1 aliphatic rings. The SMILES string of the molecule is CCCNCc1c(C)nn(CCN2CCCCC2)c1C. The fourth-order valence-electron chi connectivity index (χ4n) is 3.02. The number of nitrogens with zero attached hydrogens (tertiary/aromatic N) is 3. The molecule has 0 radical (unpaired) electrons. The van der Waals surface area contributed by atoms with Gasteiger partial charge in [-0.2, -0.15) is 5.10 Å². The maximum Gasteiger partial charge on any atom is 0.0641 e. The third-order valence-corrected chi connectivity index (χ3v) is 4.34. The monoisotopic (exact) mass is 278 g/mol. The van der Waals surface area contributed by atoms with Crippen LogP contribution in [0.25, 0.3) is 0 Å². The minimum Gasteiger partial charge on any atom is -0.313 e. The van der Waals surface area contributed by atoms with Gasteiger partial charge >= 0.3 is 0 Å². The number of hydrogen-bond donors (Lipinski definition) is 1. The van der Waals surface area contributed by atoms with Crippen LogP contribution in [0, 0.1) is 13.8 Å². The average Bonchev–Trinajstić information content (AvgIpc) is 2.74. The third kappa shape index (κ3) is 4.06. The molecular weight excluding hydrogens is 248 g/mol. The fourth-order valence-corrected chi connectivity index (χ4v) is 3.02. The lowest BCUT2D eigenvalue weighted by atomic mass is 10.1. The molecule has 0 saturated carbocycles. The number of nitrogens with one attached hydrogen (secondary N) is 1. The van der Waals surface area contributed by atoms with E-state index in [4.69, 9.17) is 5.10 Å². The van der Waals surface area contributed by atoms with Crippen LogP contribution < -0.4 is 5.32 Å². The fraction of sp³-hybridized carbons (Fsp3) is 0.812. The molecule has 0 atom stereocenters. The number of aromatic nitrogens is 2. The number of aryl methyl sites for hydroxylation is 1. The van der Waals surface area contributed by atoms with Gasteiger partial charge in [0.1, 0.15) is 0 Å². The Morgan fingerprint density at radius 1 is 1.10 bits per heavy atom. The molecule has 2 rings (SSSR count). The summed E-state index contributed by atoms with van der Waals surface area (Å²) in [5.41, 5.74) is 3.91. The van der Waals surface area contributed by atoms with Crippen molar-refractivity contribution >= 4 is 0 Å². The summed E-state index contributed by atoms with van der Waals surface area (Å²) in [5.74, 6) is 0. The maximum absolute atomic E-state index is 4.72. The van der Waals surface area contributed by atoms with Crippen molar-refractivity contribution in [2.45, 2.75) is 59.5 Å². The Balaban J connectivity index is 1.89. The van der Waals surface area contributed by atoms with Crippen LogP contribution in [0.2, 0.25) is 0 Å². The zero-order valence-electron chi connectivity index (χ0n) is 13.4. The lowest BCUT2D eigenvalue weighted by molar-refractivity contribution is 0.217. The van der Waals surface area contributed by atoms with Gasteiger partial charge in [-0.05, 0) is 52.7 Å². The first-order chi connectivity index (χ1) is 9.72. The van der Waals surface area contributed by atoms with Crippen LogP contribution in [0.4, 0.5) is 0 Å². The topological polar surface area (TPSA) is 33.1 Å². The van der Waals surface area contributed by atoms with Crippen LogP contribution in [-0.4, -0.2) is 40.9 Å². The Bertz CT molecular complexity index is 405. The highest BCUT2D eigenvalue weighted by Crippen LogP contribution is 2.14. The van der Waals surface area contributed by atoms with Crippen molar-refractivity contribution < 1.29 is 0 Å². The molecule has 1 N–H and O–H groups in total. The number of likely N-dealkylation sites (tertiary alicyclic amines) is 1. The summed E-state index contributed by atoms with van der Waals surface area (Å²) >= 11 is 0. The molecule has 1 fully saturated rings. The molecular formula is C16H30N4. The van der Waals surface area contributed by atoms with Gasteiger partial charge in [0, 0.05) is 24.3 Å². The quantitative estimate of drug-likeness (QED) is 0.778. The van der Waals surface area contributed by atoms with E-state index >= 15 is 0 Å². The van der Waals surface area contributed by atoms with Crippen molar-refractivity contribution in [3.05, 3.63) is 17.0 Å². The molecule has 0 aliphatic carbocycles. The summed E-state index contributed by atoms with van der Waals surface area (Å²) in [7, 11) is 0. The smallest absolute Gasteiger partial charge is 0.0641 e. The highest BCUT2D eigenvalue weighted by atomic mass is 15.3. The van der Waals surface area contributed by atoms with E-state index in [0.717, 1.165) is 26.2 Å². The zero-order chi connectivity index (χ0) is 14.4. The van der Waals surface area contributed by atoms with Crippen molar-refractivity contribution in [2.75, 3.05) is 26.2 Å². The van der Waals surface area contributed by atoms with E-state index in [0.29, 0.717) is 0 Å². The summed E-state index contributed by atoms with van der Waals surface area (Å²) in [6.07, 6.45) is 5.32. The van der Waals surface area contributed by atoms with Gasteiger partial charge in [-0.1, -0.05) is 13.3 Å². The van der Waals surface area contributed by atoms with Gasteiger partial charge in [0.05, 0.1) is 12.2 Å². The summed E-state index contributed by atoms with van der Waals surface area (Å²) in [6, 6.07) is 0. The molecule has 0 amide bonds. The third-order valence-electron chi connectivity index (χ3n) is 4.34. The van der Waals surface area contributed by atoms with E-state index in [9.17, 15) is 0 Å². The Morgan fingerprint density at radius 3 is 2.55 bits per heavy atom. The van der Waals surface area contributed by atoms with Crippen LogP contribution in [-0.2, 0) is 13.1 Å². The highest BCUT2D eigenvalue weighted by molar-refractivity contribution is 5.24. The molecule has 4 nitrogen and oxygen atoms in total. The average molecular weight is 278 g/mol. The molecule has 0 unspecified atom stereocenters. The summed E-state index contributed by atoms with van der Waals surface area (Å²) in [6.45, 7) is 13.3.